The minimum Gasteiger partial charge on any atom is -0.298 e. The Kier molecular flexibility index (Phi) is 3.13. The van der Waals surface area contributed by atoms with E-state index in [1.807, 2.05) is 13.8 Å². The summed E-state index contributed by atoms with van der Waals surface area (Å²) in [6.07, 6.45) is 5.19. The van der Waals surface area contributed by atoms with Gasteiger partial charge in [0, 0.05) is 18.5 Å². The molecule has 2 aliphatic rings. The number of likely N-dealkylation sites (tertiary alicyclic amines) is 1. The summed E-state index contributed by atoms with van der Waals surface area (Å²) in [6.45, 7) is 9.67. The molecule has 2 rings (SSSR count). The van der Waals surface area contributed by atoms with Gasteiger partial charge in [-0.3, -0.25) is 9.69 Å². The largest absolute Gasteiger partial charge is 0.298 e. The Morgan fingerprint density at radius 3 is 2.25 bits per heavy atom. The van der Waals surface area contributed by atoms with Crippen molar-refractivity contribution in [2.75, 3.05) is 6.54 Å². The van der Waals surface area contributed by atoms with Crippen LogP contribution >= 0.6 is 0 Å². The van der Waals surface area contributed by atoms with Crippen molar-refractivity contribution in [1.29, 1.82) is 0 Å². The topological polar surface area (TPSA) is 20.3 Å². The monoisotopic (exact) mass is 223 g/mol. The lowest BCUT2D eigenvalue weighted by molar-refractivity contribution is -0.126. The van der Waals surface area contributed by atoms with Crippen LogP contribution in [0.15, 0.2) is 0 Å². The molecule has 2 nitrogen and oxygen atoms in total. The van der Waals surface area contributed by atoms with E-state index in [1.165, 1.54) is 19.3 Å². The Labute approximate surface area is 99.4 Å². The minimum absolute atomic E-state index is 0.182. The summed E-state index contributed by atoms with van der Waals surface area (Å²) >= 11 is 0. The molecular weight excluding hydrogens is 198 g/mol. The van der Waals surface area contributed by atoms with Crippen LogP contribution < -0.4 is 0 Å². The summed E-state index contributed by atoms with van der Waals surface area (Å²) in [5, 5.41) is 0. The van der Waals surface area contributed by atoms with Crippen LogP contribution in [0.3, 0.4) is 0 Å². The number of rotatable bonds is 3. The molecule has 0 aromatic rings. The number of nitrogens with zero attached hydrogens (tertiary/aromatic N) is 1. The van der Waals surface area contributed by atoms with Gasteiger partial charge in [-0.15, -0.1) is 0 Å². The molecule has 0 aromatic heterocycles. The molecule has 0 amide bonds. The van der Waals surface area contributed by atoms with E-state index in [-0.39, 0.29) is 12.0 Å². The van der Waals surface area contributed by atoms with E-state index in [0.29, 0.717) is 17.2 Å². The van der Waals surface area contributed by atoms with Crippen molar-refractivity contribution in [2.24, 2.45) is 11.3 Å². The number of carbonyl (C=O) groups excluding carboxylic acids is 1. The molecule has 92 valence electrons. The molecule has 1 saturated heterocycles. The number of Topliss-reactive ketones (excluding diaryl/α,β-unsaturated/α-hetero) is 1. The van der Waals surface area contributed by atoms with Crippen molar-refractivity contribution in [1.82, 2.24) is 4.90 Å². The fourth-order valence-electron chi connectivity index (χ4n) is 3.32. The molecule has 0 N–H and O–H groups in total. The maximum Gasteiger partial charge on any atom is 0.152 e. The lowest BCUT2D eigenvalue weighted by Gasteiger charge is -2.38. The second kappa shape index (κ2) is 4.14. The van der Waals surface area contributed by atoms with Gasteiger partial charge in [0.15, 0.2) is 5.78 Å². The molecular formula is C14H25NO. The number of carbonyl (C=O) groups is 1. The maximum absolute atomic E-state index is 12.2. The van der Waals surface area contributed by atoms with Gasteiger partial charge in [0.25, 0.3) is 0 Å². The van der Waals surface area contributed by atoms with Gasteiger partial charge in [-0.25, -0.2) is 0 Å². The average Bonchev–Trinajstić information content (AvgIpc) is 2.56. The van der Waals surface area contributed by atoms with Crippen molar-refractivity contribution in [2.45, 2.75) is 65.5 Å². The predicted octanol–water partition coefficient (Wildman–Crippen LogP) is 2.86. The third kappa shape index (κ3) is 1.92. The van der Waals surface area contributed by atoms with E-state index < -0.39 is 0 Å². The Bertz CT molecular complexity index is 278. The van der Waals surface area contributed by atoms with Crippen LogP contribution in [0.1, 0.15) is 53.4 Å². The van der Waals surface area contributed by atoms with E-state index in [4.69, 9.17) is 0 Å². The quantitative estimate of drug-likeness (QED) is 0.733. The van der Waals surface area contributed by atoms with Gasteiger partial charge >= 0.3 is 0 Å². The predicted molar refractivity (Wildman–Crippen MR) is 66.4 cm³/mol. The zero-order valence-corrected chi connectivity index (χ0v) is 11.1. The Balaban J connectivity index is 2.12. The van der Waals surface area contributed by atoms with Crippen LogP contribution in [0.4, 0.5) is 0 Å². The average molecular weight is 223 g/mol. The van der Waals surface area contributed by atoms with Gasteiger partial charge < -0.3 is 0 Å². The third-order valence-electron chi connectivity index (χ3n) is 4.52. The summed E-state index contributed by atoms with van der Waals surface area (Å²) in [7, 11) is 0. The second-order valence-electron chi connectivity index (χ2n) is 6.40. The molecule has 1 saturated carbocycles. The van der Waals surface area contributed by atoms with Crippen LogP contribution in [0.5, 0.6) is 0 Å². The first-order valence-electron chi connectivity index (χ1n) is 6.75. The molecule has 0 aromatic carbocycles. The molecule has 1 aliphatic heterocycles. The molecule has 0 bridgehead atoms. The highest BCUT2D eigenvalue weighted by Gasteiger charge is 2.50. The lowest BCUT2D eigenvalue weighted by atomic mass is 9.67. The third-order valence-corrected chi connectivity index (χ3v) is 4.52. The van der Waals surface area contributed by atoms with Crippen molar-refractivity contribution in [3.05, 3.63) is 0 Å². The lowest BCUT2D eigenvalue weighted by Crippen LogP contribution is -2.42. The molecule has 0 unspecified atom stereocenters. The van der Waals surface area contributed by atoms with Gasteiger partial charge in [-0.1, -0.05) is 20.3 Å². The zero-order chi connectivity index (χ0) is 11.9. The molecule has 16 heavy (non-hydrogen) atoms. The van der Waals surface area contributed by atoms with Crippen molar-refractivity contribution in [3.8, 4) is 0 Å². The summed E-state index contributed by atoms with van der Waals surface area (Å²) in [4.78, 5) is 14.7. The molecule has 2 heteroatoms. The molecule has 1 aliphatic carbocycles. The highest BCUT2D eigenvalue weighted by Crippen LogP contribution is 2.51. The Morgan fingerprint density at radius 1 is 1.25 bits per heavy atom. The first-order chi connectivity index (χ1) is 7.45. The van der Waals surface area contributed by atoms with Gasteiger partial charge in [0.1, 0.15) is 0 Å². The molecule has 1 atom stereocenters. The first-order valence-corrected chi connectivity index (χ1v) is 6.75. The Morgan fingerprint density at radius 2 is 1.88 bits per heavy atom. The van der Waals surface area contributed by atoms with Crippen molar-refractivity contribution in [3.63, 3.8) is 0 Å². The summed E-state index contributed by atoms with van der Waals surface area (Å²) in [6, 6.07) is 0.716. The molecule has 2 fully saturated rings. The smallest absolute Gasteiger partial charge is 0.152 e. The van der Waals surface area contributed by atoms with E-state index in [1.54, 1.807) is 0 Å². The fourth-order valence-corrected chi connectivity index (χ4v) is 3.32. The van der Waals surface area contributed by atoms with Crippen LogP contribution in [0, 0.1) is 11.3 Å². The van der Waals surface area contributed by atoms with Crippen LogP contribution in [-0.2, 0) is 4.79 Å². The van der Waals surface area contributed by atoms with Crippen molar-refractivity contribution < 1.29 is 4.79 Å². The van der Waals surface area contributed by atoms with E-state index >= 15 is 0 Å². The van der Waals surface area contributed by atoms with Gasteiger partial charge in [0.2, 0.25) is 0 Å². The number of hydrogen-bond acceptors (Lipinski definition) is 2. The molecule has 1 heterocycles. The van der Waals surface area contributed by atoms with Gasteiger partial charge in [-0.05, 0) is 38.5 Å². The highest BCUT2D eigenvalue weighted by atomic mass is 16.1. The standard InChI is InChI=1S/C14H25NO/c1-10(2)13(16)12-8-14(6-5-7-14)9-15(12)11(3)4/h10-12H,5-9H2,1-4H3/t12-/m0/s1. The van der Waals surface area contributed by atoms with Crippen LogP contribution in [0.2, 0.25) is 0 Å². The molecule has 1 spiro atoms. The number of hydrogen-bond donors (Lipinski definition) is 0. The van der Waals surface area contributed by atoms with E-state index in [0.717, 1.165) is 13.0 Å². The van der Waals surface area contributed by atoms with Gasteiger partial charge in [0.05, 0.1) is 6.04 Å². The second-order valence-corrected chi connectivity index (χ2v) is 6.40. The van der Waals surface area contributed by atoms with E-state index in [2.05, 4.69) is 18.7 Å². The first kappa shape index (κ1) is 12.1. The van der Waals surface area contributed by atoms with Crippen molar-refractivity contribution >= 4 is 5.78 Å². The zero-order valence-electron chi connectivity index (χ0n) is 11.1. The molecule has 0 radical (unpaired) electrons. The highest BCUT2D eigenvalue weighted by molar-refractivity contribution is 5.86. The fraction of sp³-hybridized carbons (Fsp3) is 0.929. The summed E-state index contributed by atoms with van der Waals surface area (Å²) in [5.74, 6) is 0.638. The van der Waals surface area contributed by atoms with Gasteiger partial charge in [-0.2, -0.15) is 0 Å². The summed E-state index contributed by atoms with van der Waals surface area (Å²) < 4.78 is 0. The minimum atomic E-state index is 0.182. The van der Waals surface area contributed by atoms with Crippen LogP contribution in [-0.4, -0.2) is 29.3 Å². The normalized spacial score (nSPS) is 29.0. The van der Waals surface area contributed by atoms with Crippen LogP contribution in [0.25, 0.3) is 0 Å². The maximum atomic E-state index is 12.2. The Hall–Kier alpha value is -0.370. The summed E-state index contributed by atoms with van der Waals surface area (Å²) in [5.41, 5.74) is 0.513. The number of ketones is 1. The SMILES string of the molecule is CC(C)C(=O)[C@@H]1CC2(CCC2)CN1C(C)C. The van der Waals surface area contributed by atoms with E-state index in [9.17, 15) is 4.79 Å².